The van der Waals surface area contributed by atoms with Crippen molar-refractivity contribution >= 4 is 0 Å². The molecule has 6 nitrogen and oxygen atoms in total. The number of aryl methyl sites for hydroxylation is 2. The number of hydrogen-bond donors (Lipinski definition) is 1. The molecule has 124 valence electrons. The van der Waals surface area contributed by atoms with Crippen LogP contribution in [-0.4, -0.2) is 39.4 Å². The lowest BCUT2D eigenvalue weighted by Gasteiger charge is -2.32. The molecule has 0 unspecified atom stereocenters. The van der Waals surface area contributed by atoms with E-state index in [2.05, 4.69) is 26.4 Å². The molecule has 3 rings (SSSR count). The van der Waals surface area contributed by atoms with Gasteiger partial charge in [-0.1, -0.05) is 0 Å². The Bertz CT molecular complexity index is 627. The zero-order valence-corrected chi connectivity index (χ0v) is 13.9. The summed E-state index contributed by atoms with van der Waals surface area (Å²) in [5.41, 5.74) is 3.26. The molecule has 1 saturated heterocycles. The number of aromatic nitrogens is 4. The fraction of sp³-hybridized carbons (Fsp3) is 0.588. The third kappa shape index (κ3) is 3.95. The molecule has 0 bridgehead atoms. The Kier molecular flexibility index (Phi) is 5.35. The highest BCUT2D eigenvalue weighted by Crippen LogP contribution is 2.32. The van der Waals surface area contributed by atoms with Crippen LogP contribution in [0.2, 0.25) is 0 Å². The Morgan fingerprint density at radius 1 is 1.30 bits per heavy atom. The van der Waals surface area contributed by atoms with Gasteiger partial charge in [-0.2, -0.15) is 5.10 Å². The van der Waals surface area contributed by atoms with E-state index in [1.54, 1.807) is 12.4 Å². The van der Waals surface area contributed by atoms with E-state index in [0.717, 1.165) is 43.9 Å². The van der Waals surface area contributed by atoms with Gasteiger partial charge < -0.3 is 10.1 Å². The average Bonchev–Trinajstić information content (AvgIpc) is 2.99. The van der Waals surface area contributed by atoms with E-state index in [1.807, 2.05) is 24.9 Å². The van der Waals surface area contributed by atoms with Crippen LogP contribution in [-0.2, 0) is 18.2 Å². The largest absolute Gasteiger partial charge is 0.372 e. The van der Waals surface area contributed by atoms with Crippen LogP contribution in [0.4, 0.5) is 0 Å². The fourth-order valence-corrected chi connectivity index (χ4v) is 3.22. The standard InChI is InChI=1S/C17H25N5O/c1-13-15(20-10-9-19-13)5-7-18-12-14-4-3-11-23-17(14)16-6-8-21-22(16)2/h6,8-10,14,17-18H,3-5,7,11-12H2,1-2H3/t14-,17+/m0/s1. The highest BCUT2D eigenvalue weighted by molar-refractivity contribution is 5.09. The lowest BCUT2D eigenvalue weighted by Crippen LogP contribution is -2.33. The van der Waals surface area contributed by atoms with Crippen LogP contribution in [0.5, 0.6) is 0 Å². The SMILES string of the molecule is Cc1nccnc1CCNC[C@@H]1CCCO[C@H]1c1ccnn1C. The maximum Gasteiger partial charge on any atom is 0.103 e. The second kappa shape index (κ2) is 7.66. The van der Waals surface area contributed by atoms with Gasteiger partial charge in [0.15, 0.2) is 0 Å². The first kappa shape index (κ1) is 16.1. The first-order valence-corrected chi connectivity index (χ1v) is 8.32. The van der Waals surface area contributed by atoms with Crippen molar-refractivity contribution < 1.29 is 4.74 Å². The van der Waals surface area contributed by atoms with Gasteiger partial charge in [0.1, 0.15) is 6.10 Å². The third-order valence-corrected chi connectivity index (χ3v) is 4.52. The first-order valence-electron chi connectivity index (χ1n) is 8.32. The molecule has 0 saturated carbocycles. The molecule has 0 radical (unpaired) electrons. The number of nitrogens with zero attached hydrogens (tertiary/aromatic N) is 4. The van der Waals surface area contributed by atoms with Gasteiger partial charge in [0.2, 0.25) is 0 Å². The zero-order valence-electron chi connectivity index (χ0n) is 13.9. The minimum absolute atomic E-state index is 0.141. The number of ether oxygens (including phenoxy) is 1. The molecule has 23 heavy (non-hydrogen) atoms. The minimum atomic E-state index is 0.141. The van der Waals surface area contributed by atoms with Crippen molar-refractivity contribution in [2.45, 2.75) is 32.3 Å². The van der Waals surface area contributed by atoms with Gasteiger partial charge in [0, 0.05) is 57.7 Å². The van der Waals surface area contributed by atoms with E-state index in [0.29, 0.717) is 5.92 Å². The Morgan fingerprint density at radius 3 is 2.96 bits per heavy atom. The van der Waals surface area contributed by atoms with E-state index in [-0.39, 0.29) is 6.10 Å². The number of hydrogen-bond acceptors (Lipinski definition) is 5. The summed E-state index contributed by atoms with van der Waals surface area (Å²) in [6, 6.07) is 2.06. The van der Waals surface area contributed by atoms with E-state index in [4.69, 9.17) is 4.74 Å². The van der Waals surface area contributed by atoms with Crippen LogP contribution >= 0.6 is 0 Å². The van der Waals surface area contributed by atoms with Crippen molar-refractivity contribution in [3.63, 3.8) is 0 Å². The molecule has 2 aromatic rings. The molecule has 0 aromatic carbocycles. The van der Waals surface area contributed by atoms with Gasteiger partial charge >= 0.3 is 0 Å². The second-order valence-electron chi connectivity index (χ2n) is 6.12. The van der Waals surface area contributed by atoms with Crippen LogP contribution in [0, 0.1) is 12.8 Å². The molecule has 1 aliphatic rings. The van der Waals surface area contributed by atoms with Crippen molar-refractivity contribution in [3.8, 4) is 0 Å². The molecule has 3 heterocycles. The van der Waals surface area contributed by atoms with Crippen molar-refractivity contribution in [2.24, 2.45) is 13.0 Å². The molecule has 0 aliphatic carbocycles. The molecule has 1 fully saturated rings. The summed E-state index contributed by atoms with van der Waals surface area (Å²) >= 11 is 0. The predicted molar refractivity (Wildman–Crippen MR) is 88.0 cm³/mol. The van der Waals surface area contributed by atoms with Crippen molar-refractivity contribution in [1.82, 2.24) is 25.1 Å². The molecule has 1 aliphatic heterocycles. The van der Waals surface area contributed by atoms with Gasteiger partial charge in [0.05, 0.1) is 17.1 Å². The van der Waals surface area contributed by atoms with Crippen molar-refractivity contribution in [3.05, 3.63) is 41.7 Å². The predicted octanol–water partition coefficient (Wildman–Crippen LogP) is 1.82. The maximum atomic E-state index is 6.03. The normalized spacial score (nSPS) is 21.5. The Labute approximate surface area is 137 Å². The molecule has 6 heteroatoms. The zero-order chi connectivity index (χ0) is 16.1. The highest BCUT2D eigenvalue weighted by atomic mass is 16.5. The van der Waals surface area contributed by atoms with E-state index >= 15 is 0 Å². The molecule has 0 spiro atoms. The highest BCUT2D eigenvalue weighted by Gasteiger charge is 2.29. The van der Waals surface area contributed by atoms with Gasteiger partial charge in [0.25, 0.3) is 0 Å². The smallest absolute Gasteiger partial charge is 0.103 e. The quantitative estimate of drug-likeness (QED) is 0.824. The molecular formula is C17H25N5O. The summed E-state index contributed by atoms with van der Waals surface area (Å²) < 4.78 is 7.95. The van der Waals surface area contributed by atoms with Crippen LogP contribution in [0.1, 0.15) is 36.0 Å². The van der Waals surface area contributed by atoms with Crippen molar-refractivity contribution in [1.29, 1.82) is 0 Å². The number of rotatable bonds is 6. The first-order chi connectivity index (χ1) is 11.3. The summed E-state index contributed by atoms with van der Waals surface area (Å²) in [5.74, 6) is 0.488. The van der Waals surface area contributed by atoms with Gasteiger partial charge in [-0.15, -0.1) is 0 Å². The summed E-state index contributed by atoms with van der Waals surface area (Å²) in [7, 11) is 1.98. The summed E-state index contributed by atoms with van der Waals surface area (Å²) in [6.07, 6.45) is 8.71. The number of nitrogens with one attached hydrogen (secondary N) is 1. The Balaban J connectivity index is 1.52. The van der Waals surface area contributed by atoms with Gasteiger partial charge in [-0.05, 0) is 25.8 Å². The van der Waals surface area contributed by atoms with Crippen LogP contribution in [0.3, 0.4) is 0 Å². The van der Waals surface area contributed by atoms with Crippen molar-refractivity contribution in [2.75, 3.05) is 19.7 Å². The molecule has 2 aromatic heterocycles. The summed E-state index contributed by atoms with van der Waals surface area (Å²) in [6.45, 7) is 4.71. The van der Waals surface area contributed by atoms with E-state index in [1.165, 1.54) is 12.1 Å². The molecule has 0 amide bonds. The lowest BCUT2D eigenvalue weighted by molar-refractivity contribution is -0.0321. The third-order valence-electron chi connectivity index (χ3n) is 4.52. The molecule has 1 N–H and O–H groups in total. The van der Waals surface area contributed by atoms with E-state index in [9.17, 15) is 0 Å². The maximum absolute atomic E-state index is 6.03. The lowest BCUT2D eigenvalue weighted by atomic mass is 9.92. The van der Waals surface area contributed by atoms with Crippen LogP contribution in [0.15, 0.2) is 24.7 Å². The average molecular weight is 315 g/mol. The molecular weight excluding hydrogens is 290 g/mol. The fourth-order valence-electron chi connectivity index (χ4n) is 3.22. The summed E-state index contributed by atoms with van der Waals surface area (Å²) in [4.78, 5) is 8.67. The minimum Gasteiger partial charge on any atom is -0.372 e. The monoisotopic (exact) mass is 315 g/mol. The van der Waals surface area contributed by atoms with Gasteiger partial charge in [-0.25, -0.2) is 0 Å². The van der Waals surface area contributed by atoms with Gasteiger partial charge in [-0.3, -0.25) is 14.6 Å². The molecule has 2 atom stereocenters. The Hall–Kier alpha value is -1.79. The second-order valence-corrected chi connectivity index (χ2v) is 6.12. The topological polar surface area (TPSA) is 64.9 Å². The van der Waals surface area contributed by atoms with Crippen LogP contribution < -0.4 is 5.32 Å². The van der Waals surface area contributed by atoms with E-state index < -0.39 is 0 Å². The summed E-state index contributed by atoms with van der Waals surface area (Å²) in [5, 5.41) is 7.84. The van der Waals surface area contributed by atoms with Crippen LogP contribution in [0.25, 0.3) is 0 Å². The Morgan fingerprint density at radius 2 is 2.17 bits per heavy atom.